The van der Waals surface area contributed by atoms with Crippen molar-refractivity contribution in [2.75, 3.05) is 26.3 Å². The Kier molecular flexibility index (Phi) is 4.57. The molecule has 0 amide bonds. The Balaban J connectivity index is 1.75. The molecule has 0 N–H and O–H groups in total. The van der Waals surface area contributed by atoms with E-state index in [9.17, 15) is 0 Å². The molecule has 0 spiro atoms. The van der Waals surface area contributed by atoms with Crippen LogP contribution in [0.2, 0.25) is 0 Å². The zero-order chi connectivity index (χ0) is 19.8. The SMILES string of the molecule is Cn1cc(C(=CC=[N+]2CCOCC2)c2cn(C)c3ccccc23)c2ccccc21. The maximum Gasteiger partial charge on any atom is 0.166 e. The zero-order valence-electron chi connectivity index (χ0n) is 17.0. The minimum absolute atomic E-state index is 0.794. The summed E-state index contributed by atoms with van der Waals surface area (Å²) in [4.78, 5) is 0. The van der Waals surface area contributed by atoms with Gasteiger partial charge in [-0.2, -0.15) is 0 Å². The molecule has 5 rings (SSSR count). The van der Waals surface area contributed by atoms with Gasteiger partial charge >= 0.3 is 0 Å². The van der Waals surface area contributed by atoms with Gasteiger partial charge in [0.15, 0.2) is 19.3 Å². The standard InChI is InChI=1S/C25H26N3O/c1-26-17-22(20-7-3-5-9-24(20)26)19(11-12-28-13-15-29-16-14-28)23-18-27(2)25-10-6-4-8-21(23)25/h3-12,17-18H,13-16H2,1-2H3/q+1. The first-order valence-electron chi connectivity index (χ1n) is 10.2. The second-order valence-electron chi connectivity index (χ2n) is 7.72. The Morgan fingerprint density at radius 3 is 1.90 bits per heavy atom. The Labute approximate surface area is 170 Å². The van der Waals surface area contributed by atoms with Crippen LogP contribution >= 0.6 is 0 Å². The third kappa shape index (κ3) is 3.19. The number of allylic oxidation sites excluding steroid dienone is 1. The Morgan fingerprint density at radius 2 is 1.34 bits per heavy atom. The van der Waals surface area contributed by atoms with Crippen LogP contribution in [0, 0.1) is 0 Å². The molecule has 3 heterocycles. The molecule has 0 bridgehead atoms. The van der Waals surface area contributed by atoms with E-state index in [4.69, 9.17) is 4.74 Å². The van der Waals surface area contributed by atoms with Crippen molar-refractivity contribution in [2.24, 2.45) is 14.1 Å². The lowest BCUT2D eigenvalue weighted by molar-refractivity contribution is -0.544. The van der Waals surface area contributed by atoms with Gasteiger partial charge in [-0.1, -0.05) is 36.4 Å². The van der Waals surface area contributed by atoms with Gasteiger partial charge in [-0.3, -0.25) is 0 Å². The van der Waals surface area contributed by atoms with E-state index < -0.39 is 0 Å². The van der Waals surface area contributed by atoms with Crippen LogP contribution < -0.4 is 0 Å². The monoisotopic (exact) mass is 384 g/mol. The predicted molar refractivity (Wildman–Crippen MR) is 120 cm³/mol. The normalized spacial score (nSPS) is 14.5. The van der Waals surface area contributed by atoms with Gasteiger partial charge in [0.1, 0.15) is 13.2 Å². The Morgan fingerprint density at radius 1 is 0.828 bits per heavy atom. The van der Waals surface area contributed by atoms with E-state index in [0.717, 1.165) is 26.3 Å². The van der Waals surface area contributed by atoms with Gasteiger partial charge in [-0.25, -0.2) is 4.58 Å². The van der Waals surface area contributed by atoms with Gasteiger partial charge in [-0.05, 0) is 17.7 Å². The number of aryl methyl sites for hydroxylation is 2. The second kappa shape index (κ2) is 7.37. The molecule has 146 valence electrons. The van der Waals surface area contributed by atoms with Crippen molar-refractivity contribution in [3.63, 3.8) is 0 Å². The summed E-state index contributed by atoms with van der Waals surface area (Å²) in [6.45, 7) is 3.47. The molecule has 4 heteroatoms. The molecule has 0 saturated carbocycles. The molecule has 29 heavy (non-hydrogen) atoms. The van der Waals surface area contributed by atoms with E-state index in [-0.39, 0.29) is 0 Å². The summed E-state index contributed by atoms with van der Waals surface area (Å²) in [7, 11) is 4.25. The molecule has 4 nitrogen and oxygen atoms in total. The van der Waals surface area contributed by atoms with E-state index >= 15 is 0 Å². The molecule has 0 unspecified atom stereocenters. The number of ether oxygens (including phenoxy) is 1. The predicted octanol–water partition coefficient (Wildman–Crippen LogP) is 4.22. The smallest absolute Gasteiger partial charge is 0.166 e. The topological polar surface area (TPSA) is 22.1 Å². The highest BCUT2D eigenvalue weighted by atomic mass is 16.5. The summed E-state index contributed by atoms with van der Waals surface area (Å²) < 4.78 is 12.3. The van der Waals surface area contributed by atoms with Gasteiger partial charge in [-0.15, -0.1) is 0 Å². The summed E-state index contributed by atoms with van der Waals surface area (Å²) >= 11 is 0. The number of hydrogen-bond acceptors (Lipinski definition) is 1. The first-order chi connectivity index (χ1) is 14.2. The third-order valence-electron chi connectivity index (χ3n) is 5.87. The quantitative estimate of drug-likeness (QED) is 0.485. The molecule has 0 aliphatic carbocycles. The molecule has 2 aromatic carbocycles. The molecule has 4 aromatic rings. The fraction of sp³-hybridized carbons (Fsp3) is 0.240. The summed E-state index contributed by atoms with van der Waals surface area (Å²) in [6.07, 6.45) is 9.03. The fourth-order valence-electron chi connectivity index (χ4n) is 4.34. The van der Waals surface area contributed by atoms with Gasteiger partial charge in [0.25, 0.3) is 0 Å². The maximum absolute atomic E-state index is 5.51. The number of aromatic nitrogens is 2. The number of fused-ring (bicyclic) bond motifs is 2. The lowest BCUT2D eigenvalue weighted by Crippen LogP contribution is -2.28. The van der Waals surface area contributed by atoms with Crippen LogP contribution in [0.15, 0.2) is 67.0 Å². The lowest BCUT2D eigenvalue weighted by atomic mass is 9.96. The lowest BCUT2D eigenvalue weighted by Gasteiger charge is -2.10. The van der Waals surface area contributed by atoms with Crippen molar-refractivity contribution in [1.29, 1.82) is 0 Å². The van der Waals surface area contributed by atoms with Gasteiger partial charge in [0, 0.05) is 65.5 Å². The Hall–Kier alpha value is -3.11. The van der Waals surface area contributed by atoms with Gasteiger partial charge in [0.2, 0.25) is 0 Å². The van der Waals surface area contributed by atoms with Crippen molar-refractivity contribution in [3.8, 4) is 0 Å². The number of nitrogens with zero attached hydrogens (tertiary/aromatic N) is 3. The first kappa shape index (κ1) is 18.0. The molecule has 1 saturated heterocycles. The average Bonchev–Trinajstić information content (AvgIpc) is 3.27. The number of morpholine rings is 1. The summed E-state index contributed by atoms with van der Waals surface area (Å²) in [6, 6.07) is 17.3. The number of rotatable bonds is 3. The highest BCUT2D eigenvalue weighted by molar-refractivity contribution is 6.06. The summed E-state index contributed by atoms with van der Waals surface area (Å²) in [5.41, 5.74) is 6.29. The van der Waals surface area contributed by atoms with Crippen LogP contribution in [0.5, 0.6) is 0 Å². The molecule has 1 aliphatic rings. The van der Waals surface area contributed by atoms with Crippen molar-refractivity contribution in [1.82, 2.24) is 9.13 Å². The highest BCUT2D eigenvalue weighted by Crippen LogP contribution is 2.35. The third-order valence-corrected chi connectivity index (χ3v) is 5.87. The van der Waals surface area contributed by atoms with E-state index in [1.54, 1.807) is 0 Å². The van der Waals surface area contributed by atoms with Crippen LogP contribution in [-0.2, 0) is 18.8 Å². The minimum Gasteiger partial charge on any atom is -0.368 e. The van der Waals surface area contributed by atoms with E-state index in [2.05, 4.69) is 101 Å². The fourth-order valence-corrected chi connectivity index (χ4v) is 4.34. The van der Waals surface area contributed by atoms with Crippen molar-refractivity contribution < 1.29 is 9.31 Å². The van der Waals surface area contributed by atoms with E-state index in [1.807, 2.05) is 0 Å². The van der Waals surface area contributed by atoms with Crippen molar-refractivity contribution in [3.05, 3.63) is 78.1 Å². The van der Waals surface area contributed by atoms with Crippen LogP contribution in [-0.4, -0.2) is 46.2 Å². The number of para-hydroxylation sites is 2. The first-order valence-corrected chi connectivity index (χ1v) is 10.2. The van der Waals surface area contributed by atoms with E-state index in [0.29, 0.717) is 0 Å². The molecular formula is C25H26N3O+. The largest absolute Gasteiger partial charge is 0.368 e. The Bertz CT molecular complexity index is 1170. The second-order valence-corrected chi connectivity index (χ2v) is 7.72. The molecule has 1 fully saturated rings. The highest BCUT2D eigenvalue weighted by Gasteiger charge is 2.17. The van der Waals surface area contributed by atoms with Crippen LogP contribution in [0.4, 0.5) is 0 Å². The molecular weight excluding hydrogens is 358 g/mol. The van der Waals surface area contributed by atoms with Crippen molar-refractivity contribution >= 4 is 33.6 Å². The molecule has 1 aliphatic heterocycles. The average molecular weight is 385 g/mol. The molecule has 2 aromatic heterocycles. The zero-order valence-corrected chi connectivity index (χ0v) is 17.0. The van der Waals surface area contributed by atoms with Crippen LogP contribution in [0.1, 0.15) is 11.1 Å². The summed E-state index contributed by atoms with van der Waals surface area (Å²) in [5, 5.41) is 2.56. The van der Waals surface area contributed by atoms with Crippen LogP contribution in [0.25, 0.3) is 27.4 Å². The molecule has 0 atom stereocenters. The van der Waals surface area contributed by atoms with Gasteiger partial charge in [0.05, 0.1) is 0 Å². The van der Waals surface area contributed by atoms with Gasteiger partial charge < -0.3 is 13.9 Å². The van der Waals surface area contributed by atoms with Crippen molar-refractivity contribution in [2.45, 2.75) is 0 Å². The van der Waals surface area contributed by atoms with Crippen LogP contribution in [0.3, 0.4) is 0 Å². The molecule has 0 radical (unpaired) electrons. The minimum atomic E-state index is 0.794. The van der Waals surface area contributed by atoms with E-state index in [1.165, 1.54) is 38.5 Å². The summed E-state index contributed by atoms with van der Waals surface area (Å²) in [5.74, 6) is 0. The maximum atomic E-state index is 5.51. The number of benzene rings is 2. The number of hydrogen-bond donors (Lipinski definition) is 0.